The van der Waals surface area contributed by atoms with Crippen LogP contribution in [0, 0.1) is 5.92 Å². The molecule has 106 valence electrons. The number of thioether (sulfide) groups is 1. The van der Waals surface area contributed by atoms with Crippen LogP contribution in [0.2, 0.25) is 0 Å². The zero-order chi connectivity index (χ0) is 13.4. The van der Waals surface area contributed by atoms with Crippen LogP contribution in [0.5, 0.6) is 0 Å². The maximum Gasteiger partial charge on any atom is 0.441 e. The number of nitrogens with one attached hydrogen (secondary N) is 1. The van der Waals surface area contributed by atoms with Gasteiger partial charge in [-0.2, -0.15) is 13.2 Å². The predicted molar refractivity (Wildman–Crippen MR) is 68.7 cm³/mol. The summed E-state index contributed by atoms with van der Waals surface area (Å²) in [6.45, 7) is 6.57. The van der Waals surface area contributed by atoms with E-state index in [2.05, 4.69) is 24.1 Å². The zero-order valence-corrected chi connectivity index (χ0v) is 11.7. The standard InChI is InChI=1S/C12H21F3N2S/c1-9-7-17(5-6-18-12(13,14)15)11(2,8-16-9)10-3-4-10/h9-10,16H,3-8H2,1-2H3. The van der Waals surface area contributed by atoms with E-state index in [-0.39, 0.29) is 23.1 Å². The van der Waals surface area contributed by atoms with Crippen LogP contribution < -0.4 is 5.32 Å². The van der Waals surface area contributed by atoms with Gasteiger partial charge in [0.25, 0.3) is 0 Å². The highest BCUT2D eigenvalue weighted by molar-refractivity contribution is 8.00. The van der Waals surface area contributed by atoms with E-state index < -0.39 is 5.51 Å². The van der Waals surface area contributed by atoms with Gasteiger partial charge in [-0.1, -0.05) is 0 Å². The van der Waals surface area contributed by atoms with E-state index >= 15 is 0 Å². The Balaban J connectivity index is 1.89. The van der Waals surface area contributed by atoms with Crippen molar-refractivity contribution in [2.45, 2.75) is 43.8 Å². The second-order valence-electron chi connectivity index (χ2n) is 5.65. The van der Waals surface area contributed by atoms with E-state index in [0.29, 0.717) is 18.5 Å². The molecular weight excluding hydrogens is 261 g/mol. The van der Waals surface area contributed by atoms with Gasteiger partial charge in [-0.25, -0.2) is 0 Å². The molecule has 0 aromatic carbocycles. The van der Waals surface area contributed by atoms with Crippen LogP contribution in [0.15, 0.2) is 0 Å². The van der Waals surface area contributed by atoms with Crippen LogP contribution in [0.3, 0.4) is 0 Å². The summed E-state index contributed by atoms with van der Waals surface area (Å²) in [6.07, 6.45) is 2.44. The zero-order valence-electron chi connectivity index (χ0n) is 10.9. The normalized spacial score (nSPS) is 34.8. The maximum atomic E-state index is 12.2. The minimum Gasteiger partial charge on any atom is -0.311 e. The summed E-state index contributed by atoms with van der Waals surface area (Å²) in [5.41, 5.74) is -4.05. The lowest BCUT2D eigenvalue weighted by Gasteiger charge is -2.48. The van der Waals surface area contributed by atoms with Crippen molar-refractivity contribution in [1.29, 1.82) is 0 Å². The molecule has 2 nitrogen and oxygen atoms in total. The average Bonchev–Trinajstić information content (AvgIpc) is 3.05. The number of rotatable bonds is 4. The number of hydrogen-bond donors (Lipinski definition) is 1. The van der Waals surface area contributed by atoms with E-state index in [1.807, 2.05) is 0 Å². The van der Waals surface area contributed by atoms with Gasteiger partial charge in [0, 0.05) is 37.0 Å². The number of hydrogen-bond acceptors (Lipinski definition) is 3. The molecule has 1 N–H and O–H groups in total. The van der Waals surface area contributed by atoms with Crippen LogP contribution in [0.1, 0.15) is 26.7 Å². The fraction of sp³-hybridized carbons (Fsp3) is 1.00. The highest BCUT2D eigenvalue weighted by Crippen LogP contribution is 2.44. The third kappa shape index (κ3) is 3.54. The Kier molecular flexibility index (Phi) is 4.19. The van der Waals surface area contributed by atoms with Crippen molar-refractivity contribution in [3.05, 3.63) is 0 Å². The topological polar surface area (TPSA) is 15.3 Å². The van der Waals surface area contributed by atoms with Crippen molar-refractivity contribution >= 4 is 11.8 Å². The van der Waals surface area contributed by atoms with Crippen molar-refractivity contribution in [2.75, 3.05) is 25.4 Å². The van der Waals surface area contributed by atoms with Crippen molar-refractivity contribution < 1.29 is 13.2 Å². The van der Waals surface area contributed by atoms with Gasteiger partial charge >= 0.3 is 5.51 Å². The Labute approximate surface area is 111 Å². The smallest absolute Gasteiger partial charge is 0.311 e. The molecule has 1 aliphatic carbocycles. The first-order valence-electron chi connectivity index (χ1n) is 6.50. The second kappa shape index (κ2) is 5.21. The summed E-state index contributed by atoms with van der Waals surface area (Å²) in [4.78, 5) is 2.27. The van der Waals surface area contributed by atoms with Crippen LogP contribution in [-0.2, 0) is 0 Å². The molecule has 18 heavy (non-hydrogen) atoms. The minimum absolute atomic E-state index is 0.0542. The Hall–Kier alpha value is 0.0600. The van der Waals surface area contributed by atoms with E-state index in [9.17, 15) is 13.2 Å². The summed E-state index contributed by atoms with van der Waals surface area (Å²) in [6, 6.07) is 0.368. The molecule has 1 saturated carbocycles. The molecule has 2 atom stereocenters. The summed E-state index contributed by atoms with van der Waals surface area (Å²) in [5.74, 6) is 0.798. The van der Waals surface area contributed by atoms with Gasteiger partial charge in [0.05, 0.1) is 0 Å². The predicted octanol–water partition coefficient (Wildman–Crippen LogP) is 2.70. The van der Waals surface area contributed by atoms with E-state index in [1.54, 1.807) is 0 Å². The third-order valence-electron chi connectivity index (χ3n) is 4.11. The van der Waals surface area contributed by atoms with Gasteiger partial charge in [0.2, 0.25) is 0 Å². The van der Waals surface area contributed by atoms with Crippen molar-refractivity contribution in [3.8, 4) is 0 Å². The van der Waals surface area contributed by atoms with Gasteiger partial charge in [0.15, 0.2) is 0 Å². The summed E-state index contributed by atoms with van der Waals surface area (Å²) in [5, 5.41) is 3.46. The Morgan fingerprint density at radius 2 is 2.06 bits per heavy atom. The van der Waals surface area contributed by atoms with Gasteiger partial charge in [-0.3, -0.25) is 4.90 Å². The summed E-state index contributed by atoms with van der Waals surface area (Å²) < 4.78 is 36.5. The second-order valence-corrected chi connectivity index (χ2v) is 6.81. The molecular formula is C12H21F3N2S. The van der Waals surface area contributed by atoms with Crippen LogP contribution in [0.25, 0.3) is 0 Å². The van der Waals surface area contributed by atoms with Crippen LogP contribution >= 0.6 is 11.8 Å². The number of piperazine rings is 1. The molecule has 0 bridgehead atoms. The Morgan fingerprint density at radius 3 is 2.61 bits per heavy atom. The molecule has 0 amide bonds. The highest BCUT2D eigenvalue weighted by atomic mass is 32.2. The first-order valence-corrected chi connectivity index (χ1v) is 7.49. The fourth-order valence-electron chi connectivity index (χ4n) is 2.82. The molecule has 0 spiro atoms. The first-order chi connectivity index (χ1) is 8.31. The number of halogens is 3. The Bertz CT molecular complexity index is 294. The molecule has 2 aliphatic rings. The first kappa shape index (κ1) is 14.5. The lowest BCUT2D eigenvalue weighted by Crippen LogP contribution is -2.64. The van der Waals surface area contributed by atoms with Gasteiger partial charge in [-0.05, 0) is 44.4 Å². The minimum atomic E-state index is -4.10. The molecule has 2 rings (SSSR count). The third-order valence-corrected chi connectivity index (χ3v) is 4.82. The summed E-state index contributed by atoms with van der Waals surface area (Å²) >= 11 is 0.0992. The quantitative estimate of drug-likeness (QED) is 0.853. The largest absolute Gasteiger partial charge is 0.441 e. The molecule has 1 heterocycles. The lowest BCUT2D eigenvalue weighted by molar-refractivity contribution is -0.0332. The molecule has 1 saturated heterocycles. The molecule has 0 aromatic heterocycles. The van der Waals surface area contributed by atoms with Gasteiger partial charge < -0.3 is 5.32 Å². The molecule has 0 radical (unpaired) electrons. The number of nitrogens with zero attached hydrogens (tertiary/aromatic N) is 1. The Morgan fingerprint density at radius 1 is 1.39 bits per heavy atom. The van der Waals surface area contributed by atoms with E-state index in [4.69, 9.17) is 0 Å². The van der Waals surface area contributed by atoms with Crippen molar-refractivity contribution in [3.63, 3.8) is 0 Å². The molecule has 2 unspecified atom stereocenters. The SMILES string of the molecule is CC1CN(CCSC(F)(F)F)C(C)(C2CC2)CN1. The maximum absolute atomic E-state index is 12.2. The van der Waals surface area contributed by atoms with Gasteiger partial charge in [-0.15, -0.1) is 0 Å². The monoisotopic (exact) mass is 282 g/mol. The lowest BCUT2D eigenvalue weighted by atomic mass is 9.90. The van der Waals surface area contributed by atoms with Crippen molar-refractivity contribution in [1.82, 2.24) is 10.2 Å². The molecule has 0 aromatic rings. The molecule has 2 fully saturated rings. The molecule has 6 heteroatoms. The van der Waals surface area contributed by atoms with E-state index in [1.165, 1.54) is 12.8 Å². The van der Waals surface area contributed by atoms with Crippen molar-refractivity contribution in [2.24, 2.45) is 5.92 Å². The molecule has 1 aliphatic heterocycles. The average molecular weight is 282 g/mol. The highest BCUT2D eigenvalue weighted by Gasteiger charge is 2.47. The van der Waals surface area contributed by atoms with Crippen LogP contribution in [-0.4, -0.2) is 47.4 Å². The van der Waals surface area contributed by atoms with Gasteiger partial charge in [0.1, 0.15) is 0 Å². The van der Waals surface area contributed by atoms with E-state index in [0.717, 1.165) is 13.1 Å². The van der Waals surface area contributed by atoms with Crippen LogP contribution in [0.4, 0.5) is 13.2 Å². The number of alkyl halides is 3. The summed E-state index contributed by atoms with van der Waals surface area (Å²) in [7, 11) is 0. The fourth-order valence-corrected chi connectivity index (χ4v) is 3.37.